The number of carbonyl (C=O) groups is 1. The standard InChI is InChI=1S/C29H29FN2O4S/c1-35-19-14-18(16-33)29(15-19,25-12-6-7-13-26(25)30)32-27(37)31-28(34)36-17-24-22-10-4-2-8-20(22)21-9-3-5-11-23(21)24/h2-13,18-19,24,33H,14-17H2,1H3,(H2,31,32,34,37)/t18-,19+,29+/m1/s1. The number of rotatable bonds is 6. The molecule has 2 aliphatic carbocycles. The molecule has 5 rings (SSSR count). The van der Waals surface area contributed by atoms with Crippen LogP contribution in [-0.2, 0) is 15.0 Å². The molecular formula is C29H29FN2O4S. The van der Waals surface area contributed by atoms with Crippen LogP contribution in [0, 0.1) is 11.7 Å². The molecule has 0 aromatic heterocycles. The lowest BCUT2D eigenvalue weighted by atomic mass is 9.80. The molecule has 0 spiro atoms. The second kappa shape index (κ2) is 10.6. The SMILES string of the molecule is CO[C@H]1C[C@H](CO)[C@](NC(=S)NC(=O)OCC2c3ccccc3-c3ccccc32)(c2ccccc2F)C1. The normalized spacial score (nSPS) is 22.2. The fourth-order valence-corrected chi connectivity index (χ4v) is 6.14. The fraction of sp³-hybridized carbons (Fsp3) is 0.310. The van der Waals surface area contributed by atoms with E-state index in [0.717, 1.165) is 22.3 Å². The molecule has 3 N–H and O–H groups in total. The Labute approximate surface area is 220 Å². The Balaban J connectivity index is 1.30. The Hall–Kier alpha value is -3.33. The van der Waals surface area contributed by atoms with Crippen molar-refractivity contribution in [1.82, 2.24) is 10.6 Å². The summed E-state index contributed by atoms with van der Waals surface area (Å²) < 4.78 is 26.1. The van der Waals surface area contributed by atoms with Crippen LogP contribution in [0.25, 0.3) is 11.1 Å². The summed E-state index contributed by atoms with van der Waals surface area (Å²) in [5.74, 6) is -0.883. The summed E-state index contributed by atoms with van der Waals surface area (Å²) in [5, 5.41) is 15.9. The van der Waals surface area contributed by atoms with Crippen LogP contribution in [0.5, 0.6) is 0 Å². The van der Waals surface area contributed by atoms with E-state index in [0.29, 0.717) is 18.4 Å². The van der Waals surface area contributed by atoms with Gasteiger partial charge in [0.25, 0.3) is 0 Å². The maximum Gasteiger partial charge on any atom is 0.413 e. The summed E-state index contributed by atoms with van der Waals surface area (Å²) in [6.07, 6.45) is -0.0178. The molecule has 2 aliphatic rings. The lowest BCUT2D eigenvalue weighted by Crippen LogP contribution is -2.54. The molecule has 0 saturated heterocycles. The lowest BCUT2D eigenvalue weighted by molar-refractivity contribution is 0.0992. The van der Waals surface area contributed by atoms with E-state index in [2.05, 4.69) is 22.8 Å². The number of alkyl carbamates (subject to hydrolysis) is 1. The molecule has 6 nitrogen and oxygen atoms in total. The van der Waals surface area contributed by atoms with E-state index in [1.807, 2.05) is 36.4 Å². The topological polar surface area (TPSA) is 79.8 Å². The largest absolute Gasteiger partial charge is 0.448 e. The number of ether oxygens (including phenoxy) is 2. The number of aliphatic hydroxyl groups is 1. The van der Waals surface area contributed by atoms with E-state index in [4.69, 9.17) is 21.7 Å². The maximum atomic E-state index is 15.0. The van der Waals surface area contributed by atoms with Crippen molar-refractivity contribution in [1.29, 1.82) is 0 Å². The first-order valence-corrected chi connectivity index (χ1v) is 12.7. The first-order valence-electron chi connectivity index (χ1n) is 12.3. The first kappa shape index (κ1) is 25.3. The predicted molar refractivity (Wildman–Crippen MR) is 143 cm³/mol. The highest BCUT2D eigenvalue weighted by atomic mass is 32.1. The number of methoxy groups -OCH3 is 1. The number of aliphatic hydroxyl groups excluding tert-OH is 1. The molecule has 1 saturated carbocycles. The Morgan fingerprint density at radius 2 is 1.68 bits per heavy atom. The van der Waals surface area contributed by atoms with Gasteiger partial charge in [-0.05, 0) is 47.0 Å². The van der Waals surface area contributed by atoms with Crippen LogP contribution < -0.4 is 10.6 Å². The smallest absolute Gasteiger partial charge is 0.413 e. The van der Waals surface area contributed by atoms with Gasteiger partial charge in [-0.3, -0.25) is 5.32 Å². The Bertz CT molecular complexity index is 1270. The number of benzene rings is 3. The summed E-state index contributed by atoms with van der Waals surface area (Å²) in [6, 6.07) is 22.6. The van der Waals surface area contributed by atoms with Crippen LogP contribution in [-0.4, -0.2) is 42.7 Å². The number of fused-ring (bicyclic) bond motifs is 3. The molecule has 0 unspecified atom stereocenters. The summed E-state index contributed by atoms with van der Waals surface area (Å²) in [4.78, 5) is 12.8. The van der Waals surface area contributed by atoms with Gasteiger partial charge >= 0.3 is 6.09 Å². The zero-order valence-electron chi connectivity index (χ0n) is 20.4. The molecule has 0 radical (unpaired) electrons. The van der Waals surface area contributed by atoms with Crippen LogP contribution in [0.1, 0.15) is 35.4 Å². The van der Waals surface area contributed by atoms with E-state index in [9.17, 15) is 14.3 Å². The molecule has 1 amide bonds. The van der Waals surface area contributed by atoms with E-state index >= 15 is 0 Å². The van der Waals surface area contributed by atoms with E-state index in [-0.39, 0.29) is 36.3 Å². The van der Waals surface area contributed by atoms with E-state index in [1.165, 1.54) is 6.07 Å². The van der Waals surface area contributed by atoms with Crippen molar-refractivity contribution < 1.29 is 23.8 Å². The Morgan fingerprint density at radius 3 is 2.30 bits per heavy atom. The minimum atomic E-state index is -1.05. The molecule has 8 heteroatoms. The predicted octanol–water partition coefficient (Wildman–Crippen LogP) is 4.85. The average molecular weight is 521 g/mol. The lowest BCUT2D eigenvalue weighted by Gasteiger charge is -2.37. The molecule has 0 aliphatic heterocycles. The van der Waals surface area contributed by atoms with Gasteiger partial charge in [0.2, 0.25) is 0 Å². The van der Waals surface area contributed by atoms with Crippen LogP contribution in [0.3, 0.4) is 0 Å². The summed E-state index contributed by atoms with van der Waals surface area (Å²) in [5.41, 5.74) is 3.82. The minimum Gasteiger partial charge on any atom is -0.448 e. The highest BCUT2D eigenvalue weighted by Crippen LogP contribution is 2.46. The van der Waals surface area contributed by atoms with E-state index < -0.39 is 17.4 Å². The molecular weight excluding hydrogens is 491 g/mol. The molecule has 37 heavy (non-hydrogen) atoms. The highest BCUT2D eigenvalue weighted by Gasteiger charge is 2.50. The molecule has 192 valence electrons. The maximum absolute atomic E-state index is 15.0. The van der Waals surface area contributed by atoms with Gasteiger partial charge in [-0.25, -0.2) is 9.18 Å². The second-order valence-corrected chi connectivity index (χ2v) is 9.94. The van der Waals surface area contributed by atoms with Crippen LogP contribution in [0.4, 0.5) is 9.18 Å². The van der Waals surface area contributed by atoms with Gasteiger partial charge in [0.1, 0.15) is 12.4 Å². The zero-order chi connectivity index (χ0) is 26.0. The number of thiocarbonyl (C=S) groups is 1. The average Bonchev–Trinajstić information content (AvgIpc) is 3.43. The van der Waals surface area contributed by atoms with Crippen LogP contribution in [0.15, 0.2) is 72.8 Å². The zero-order valence-corrected chi connectivity index (χ0v) is 21.3. The second-order valence-electron chi connectivity index (χ2n) is 9.53. The Morgan fingerprint density at radius 1 is 1.05 bits per heavy atom. The monoisotopic (exact) mass is 520 g/mol. The van der Waals surface area contributed by atoms with Gasteiger partial charge in [-0.2, -0.15) is 0 Å². The van der Waals surface area contributed by atoms with Crippen molar-refractivity contribution in [3.8, 4) is 11.1 Å². The van der Waals surface area contributed by atoms with Gasteiger partial charge in [-0.1, -0.05) is 66.7 Å². The number of carbonyl (C=O) groups excluding carboxylic acids is 1. The number of amides is 1. The first-order chi connectivity index (χ1) is 18.0. The van der Waals surface area contributed by atoms with Gasteiger partial charge in [-0.15, -0.1) is 0 Å². The number of hydrogen-bond donors (Lipinski definition) is 3. The molecule has 1 fully saturated rings. The van der Waals surface area contributed by atoms with Crippen LogP contribution in [0.2, 0.25) is 0 Å². The number of hydrogen-bond acceptors (Lipinski definition) is 5. The van der Waals surface area contributed by atoms with Crippen molar-refractivity contribution in [3.05, 3.63) is 95.3 Å². The van der Waals surface area contributed by atoms with E-state index in [1.54, 1.807) is 25.3 Å². The molecule has 3 aromatic rings. The number of nitrogens with one attached hydrogen (secondary N) is 2. The third kappa shape index (κ3) is 4.72. The van der Waals surface area contributed by atoms with Gasteiger partial charge < -0.3 is 19.9 Å². The molecule has 0 heterocycles. The van der Waals surface area contributed by atoms with Crippen molar-refractivity contribution in [3.63, 3.8) is 0 Å². The van der Waals surface area contributed by atoms with Crippen molar-refractivity contribution in [2.75, 3.05) is 20.3 Å². The summed E-state index contributed by atoms with van der Waals surface area (Å²) in [6.45, 7) is -0.0549. The summed E-state index contributed by atoms with van der Waals surface area (Å²) >= 11 is 5.46. The van der Waals surface area contributed by atoms with Gasteiger partial charge in [0, 0.05) is 37.5 Å². The van der Waals surface area contributed by atoms with Gasteiger partial charge in [0.15, 0.2) is 5.11 Å². The Kier molecular flexibility index (Phi) is 7.24. The minimum absolute atomic E-state index is 0.00400. The highest BCUT2D eigenvalue weighted by molar-refractivity contribution is 7.80. The van der Waals surface area contributed by atoms with Crippen molar-refractivity contribution >= 4 is 23.4 Å². The van der Waals surface area contributed by atoms with Gasteiger partial charge in [0.05, 0.1) is 11.6 Å². The number of halogens is 1. The molecule has 0 bridgehead atoms. The summed E-state index contributed by atoms with van der Waals surface area (Å²) in [7, 11) is 1.59. The molecule has 3 aromatic carbocycles. The van der Waals surface area contributed by atoms with Crippen molar-refractivity contribution in [2.45, 2.75) is 30.4 Å². The fourth-order valence-electron chi connectivity index (χ4n) is 5.87. The van der Waals surface area contributed by atoms with Crippen LogP contribution >= 0.6 is 12.2 Å². The molecule has 3 atom stereocenters. The van der Waals surface area contributed by atoms with Crippen molar-refractivity contribution in [2.24, 2.45) is 5.92 Å². The third-order valence-electron chi connectivity index (χ3n) is 7.60. The third-order valence-corrected chi connectivity index (χ3v) is 7.80. The quantitative estimate of drug-likeness (QED) is 0.403.